The van der Waals surface area contributed by atoms with Crippen molar-refractivity contribution < 1.29 is 4.79 Å². The molecule has 0 heterocycles. The van der Waals surface area contributed by atoms with Crippen molar-refractivity contribution >= 4 is 43.7 Å². The van der Waals surface area contributed by atoms with Crippen molar-refractivity contribution in [2.75, 3.05) is 5.32 Å². The molecule has 3 rings (SSSR count). The Labute approximate surface area is 142 Å². The normalized spacial score (nSPS) is 13.7. The monoisotopic (exact) mass is 376 g/mol. The van der Waals surface area contributed by atoms with E-state index in [9.17, 15) is 4.79 Å². The third-order valence-electron chi connectivity index (χ3n) is 3.70. The fourth-order valence-electron chi connectivity index (χ4n) is 2.48. The summed E-state index contributed by atoms with van der Waals surface area (Å²) < 4.78 is 0.227. The second kappa shape index (κ2) is 6.23. The summed E-state index contributed by atoms with van der Waals surface area (Å²) in [5.41, 5.74) is 2.78. The Bertz CT molecular complexity index is 756. The van der Waals surface area contributed by atoms with Gasteiger partial charge in [-0.15, -0.1) is 0 Å². The van der Waals surface area contributed by atoms with E-state index in [1.54, 1.807) is 18.2 Å². The quantitative estimate of drug-likeness (QED) is 0.708. The molecule has 1 amide bonds. The number of hydrogen-bond donors (Lipinski definition) is 2. The number of hydrogen-bond acceptors (Lipinski definition) is 2. The molecule has 1 aliphatic carbocycles. The number of para-hydroxylation sites is 1. The van der Waals surface area contributed by atoms with Crippen LogP contribution in [0.4, 0.5) is 5.69 Å². The highest BCUT2D eigenvalue weighted by atomic mass is 79.9. The van der Waals surface area contributed by atoms with Crippen molar-refractivity contribution in [2.45, 2.75) is 18.8 Å². The van der Waals surface area contributed by atoms with Crippen LogP contribution in [0.5, 0.6) is 0 Å². The van der Waals surface area contributed by atoms with E-state index in [0.717, 1.165) is 18.4 Å². The highest BCUT2D eigenvalue weighted by molar-refractivity contribution is 9.18. The largest absolute Gasteiger partial charge is 0.321 e. The van der Waals surface area contributed by atoms with Crippen molar-refractivity contribution in [3.63, 3.8) is 0 Å². The van der Waals surface area contributed by atoms with Crippen molar-refractivity contribution in [3.8, 4) is 0 Å². The van der Waals surface area contributed by atoms with Crippen LogP contribution in [0.15, 0.2) is 42.5 Å². The molecule has 112 valence electrons. The molecule has 2 aromatic carbocycles. The molecule has 1 fully saturated rings. The van der Waals surface area contributed by atoms with Gasteiger partial charge in [0, 0.05) is 5.56 Å². The van der Waals surface area contributed by atoms with E-state index < -0.39 is 0 Å². The van der Waals surface area contributed by atoms with Crippen LogP contribution < -0.4 is 5.32 Å². The maximum Gasteiger partial charge on any atom is 0.257 e. The predicted molar refractivity (Wildman–Crippen MR) is 93.6 cm³/mol. The van der Waals surface area contributed by atoms with Crippen LogP contribution in [0.2, 0.25) is 5.02 Å². The number of amides is 1. The third kappa shape index (κ3) is 3.08. The number of carbonyl (C=O) groups excluding carboxylic acids is 1. The molecule has 0 atom stereocenters. The first-order valence-corrected chi connectivity index (χ1v) is 8.18. The van der Waals surface area contributed by atoms with Gasteiger partial charge in [0.05, 0.1) is 16.3 Å². The Morgan fingerprint density at radius 2 is 1.91 bits per heavy atom. The summed E-state index contributed by atoms with van der Waals surface area (Å²) in [6.07, 6.45) is 2.20. The zero-order valence-corrected chi connectivity index (χ0v) is 14.0. The van der Waals surface area contributed by atoms with Gasteiger partial charge in [-0.3, -0.25) is 10.2 Å². The first-order valence-electron chi connectivity index (χ1n) is 7.01. The molecule has 0 unspecified atom stereocenters. The molecule has 2 N–H and O–H groups in total. The van der Waals surface area contributed by atoms with Gasteiger partial charge in [0.25, 0.3) is 5.91 Å². The smallest absolute Gasteiger partial charge is 0.257 e. The van der Waals surface area contributed by atoms with E-state index in [2.05, 4.69) is 21.2 Å². The molecule has 0 saturated heterocycles. The molecule has 22 heavy (non-hydrogen) atoms. The van der Waals surface area contributed by atoms with Gasteiger partial charge in [-0.1, -0.05) is 41.9 Å². The topological polar surface area (TPSA) is 53.0 Å². The molecular weight excluding hydrogens is 364 g/mol. The summed E-state index contributed by atoms with van der Waals surface area (Å²) in [5.74, 6) is 0.206. The molecular formula is C17H14BrClN2O. The molecule has 3 nitrogen and oxygen atoms in total. The summed E-state index contributed by atoms with van der Waals surface area (Å²) in [4.78, 5) is 12.7. The van der Waals surface area contributed by atoms with Gasteiger partial charge < -0.3 is 5.32 Å². The number of nitrogens with one attached hydrogen (secondary N) is 2. The highest BCUT2D eigenvalue weighted by Gasteiger charge is 2.29. The minimum atomic E-state index is -0.228. The third-order valence-corrected chi connectivity index (χ3v) is 4.44. The van der Waals surface area contributed by atoms with Crippen molar-refractivity contribution in [3.05, 3.63) is 64.2 Å². The van der Waals surface area contributed by atoms with Gasteiger partial charge in [0.1, 0.15) is 4.62 Å². The Morgan fingerprint density at radius 1 is 1.18 bits per heavy atom. The minimum Gasteiger partial charge on any atom is -0.321 e. The minimum absolute atomic E-state index is 0.227. The maximum atomic E-state index is 12.7. The summed E-state index contributed by atoms with van der Waals surface area (Å²) >= 11 is 9.40. The molecule has 0 aliphatic heterocycles. The Balaban J connectivity index is 1.95. The Hall–Kier alpha value is -1.65. The molecule has 5 heteroatoms. The van der Waals surface area contributed by atoms with E-state index in [-0.39, 0.29) is 10.5 Å². The van der Waals surface area contributed by atoms with Gasteiger partial charge in [-0.25, -0.2) is 0 Å². The van der Waals surface area contributed by atoms with Gasteiger partial charge >= 0.3 is 0 Å². The average Bonchev–Trinajstić information content (AvgIpc) is 3.31. The first kappa shape index (κ1) is 15.3. The van der Waals surface area contributed by atoms with Crippen LogP contribution in [-0.4, -0.2) is 10.5 Å². The van der Waals surface area contributed by atoms with Crippen LogP contribution >= 0.6 is 27.5 Å². The predicted octanol–water partition coefficient (Wildman–Crippen LogP) is 5.19. The zero-order chi connectivity index (χ0) is 15.7. The molecule has 0 radical (unpaired) electrons. The molecule has 0 bridgehead atoms. The van der Waals surface area contributed by atoms with Gasteiger partial charge in [0.2, 0.25) is 0 Å². The molecule has 2 aromatic rings. The lowest BCUT2D eigenvalue weighted by molar-refractivity contribution is 0.102. The fraction of sp³-hybridized carbons (Fsp3) is 0.176. The van der Waals surface area contributed by atoms with Gasteiger partial charge in [0.15, 0.2) is 0 Å². The van der Waals surface area contributed by atoms with E-state index in [0.29, 0.717) is 27.8 Å². The van der Waals surface area contributed by atoms with Crippen LogP contribution in [0.3, 0.4) is 0 Å². The average molecular weight is 378 g/mol. The number of halogens is 2. The summed E-state index contributed by atoms with van der Waals surface area (Å²) in [7, 11) is 0. The fourth-order valence-corrected chi connectivity index (χ4v) is 3.10. The Morgan fingerprint density at radius 3 is 2.59 bits per heavy atom. The zero-order valence-electron chi connectivity index (χ0n) is 11.7. The number of rotatable bonds is 4. The van der Waals surface area contributed by atoms with Crippen LogP contribution in [0, 0.1) is 5.41 Å². The van der Waals surface area contributed by atoms with Gasteiger partial charge in [-0.2, -0.15) is 0 Å². The van der Waals surface area contributed by atoms with Crippen LogP contribution in [0.25, 0.3) is 0 Å². The van der Waals surface area contributed by atoms with Crippen molar-refractivity contribution in [1.82, 2.24) is 0 Å². The SMILES string of the molecule is N=C(Br)c1ccccc1NC(=O)c1c(Cl)cccc1C1CC1. The van der Waals surface area contributed by atoms with E-state index in [4.69, 9.17) is 17.0 Å². The molecule has 1 aliphatic rings. The van der Waals surface area contributed by atoms with E-state index in [1.165, 1.54) is 0 Å². The lowest BCUT2D eigenvalue weighted by Gasteiger charge is -2.13. The first-order chi connectivity index (χ1) is 10.6. The van der Waals surface area contributed by atoms with E-state index >= 15 is 0 Å². The van der Waals surface area contributed by atoms with Crippen molar-refractivity contribution in [2.24, 2.45) is 0 Å². The lowest BCUT2D eigenvalue weighted by atomic mass is 10.0. The summed E-state index contributed by atoms with van der Waals surface area (Å²) in [6.45, 7) is 0. The van der Waals surface area contributed by atoms with Crippen LogP contribution in [-0.2, 0) is 0 Å². The molecule has 0 spiro atoms. The number of anilines is 1. The summed E-state index contributed by atoms with van der Waals surface area (Å²) in [6, 6.07) is 12.8. The van der Waals surface area contributed by atoms with E-state index in [1.807, 2.05) is 24.3 Å². The van der Waals surface area contributed by atoms with Crippen LogP contribution in [0.1, 0.15) is 40.2 Å². The molecule has 1 saturated carbocycles. The number of benzene rings is 2. The summed E-state index contributed by atoms with van der Waals surface area (Å²) in [5, 5.41) is 11.1. The second-order valence-corrected chi connectivity index (χ2v) is 6.49. The standard InChI is InChI=1S/C17H14BrClN2O/c18-16(20)12-4-1-2-7-14(12)21-17(22)15-11(10-8-9-10)5-3-6-13(15)19/h1-7,10,20H,8-9H2,(H,21,22). The van der Waals surface area contributed by atoms with Gasteiger partial charge in [-0.05, 0) is 52.4 Å². The maximum absolute atomic E-state index is 12.7. The highest BCUT2D eigenvalue weighted by Crippen LogP contribution is 2.43. The van der Waals surface area contributed by atoms with Crippen molar-refractivity contribution in [1.29, 1.82) is 5.41 Å². The lowest BCUT2D eigenvalue weighted by Crippen LogP contribution is -2.16. The number of carbonyl (C=O) groups is 1. The molecule has 0 aromatic heterocycles. The second-order valence-electron chi connectivity index (χ2n) is 5.29. The Kier molecular flexibility index (Phi) is 4.32.